The highest BCUT2D eigenvalue weighted by Gasteiger charge is 2.10. The molecule has 3 aromatic rings. The average molecular weight is 438 g/mol. The number of halogens is 1. The van der Waals surface area contributed by atoms with Crippen LogP contribution in [0.25, 0.3) is 0 Å². The summed E-state index contributed by atoms with van der Waals surface area (Å²) in [6.45, 7) is -0.171. The lowest BCUT2D eigenvalue weighted by atomic mass is 10.1. The minimum absolute atomic E-state index is 0.171. The van der Waals surface area contributed by atoms with Gasteiger partial charge in [0.25, 0.3) is 5.91 Å². The third kappa shape index (κ3) is 5.11. The molecule has 0 atom stereocenters. The van der Waals surface area contributed by atoms with Crippen molar-refractivity contribution in [2.24, 2.45) is 10.3 Å². The van der Waals surface area contributed by atoms with Crippen molar-refractivity contribution in [3.63, 3.8) is 0 Å². The fraction of sp³-hybridized carbons (Fsp3) is 0.0476. The Morgan fingerprint density at radius 3 is 2.21 bits per heavy atom. The molecule has 6 nitrogen and oxygen atoms in total. The summed E-state index contributed by atoms with van der Waals surface area (Å²) in [5.41, 5.74) is 3.92. The first-order chi connectivity index (χ1) is 13.7. The minimum Gasteiger partial charge on any atom is -0.457 e. The first kappa shape index (κ1) is 19.4. The highest BCUT2D eigenvalue weighted by molar-refractivity contribution is 9.10. The van der Waals surface area contributed by atoms with Crippen LogP contribution in [0.3, 0.4) is 0 Å². The van der Waals surface area contributed by atoms with Gasteiger partial charge in [-0.25, -0.2) is 5.43 Å². The zero-order chi connectivity index (χ0) is 19.8. The number of carbonyl (C=O) groups excluding carboxylic acids is 1. The number of nitroso groups, excluding NO2 is 1. The second-order valence-corrected chi connectivity index (χ2v) is 6.56. The van der Waals surface area contributed by atoms with E-state index in [0.717, 1.165) is 5.75 Å². The first-order valence-electron chi connectivity index (χ1n) is 8.41. The molecule has 0 aromatic heterocycles. The molecule has 1 N–H and O–H groups in total. The van der Waals surface area contributed by atoms with Crippen LogP contribution >= 0.6 is 15.9 Å². The SMILES string of the molecule is O=NCC(=NNC(=O)c1ccccc1Br)c1ccc(Oc2ccccc2)cc1. The molecule has 0 aliphatic rings. The smallest absolute Gasteiger partial charge is 0.272 e. The first-order valence-corrected chi connectivity index (χ1v) is 9.20. The van der Waals surface area contributed by atoms with Crippen LogP contribution in [-0.2, 0) is 0 Å². The predicted molar refractivity (Wildman–Crippen MR) is 112 cm³/mol. The van der Waals surface area contributed by atoms with Gasteiger partial charge >= 0.3 is 0 Å². The van der Waals surface area contributed by atoms with Crippen molar-refractivity contribution in [1.82, 2.24) is 5.43 Å². The van der Waals surface area contributed by atoms with Crippen LogP contribution in [0.1, 0.15) is 15.9 Å². The van der Waals surface area contributed by atoms with Gasteiger partial charge in [-0.1, -0.05) is 35.5 Å². The largest absolute Gasteiger partial charge is 0.457 e. The molecule has 0 saturated heterocycles. The van der Waals surface area contributed by atoms with Gasteiger partial charge in [0, 0.05) is 10.0 Å². The molecule has 3 aromatic carbocycles. The molecule has 3 rings (SSSR count). The van der Waals surface area contributed by atoms with Crippen LogP contribution in [-0.4, -0.2) is 18.2 Å². The fourth-order valence-corrected chi connectivity index (χ4v) is 2.88. The van der Waals surface area contributed by atoms with Crippen molar-refractivity contribution in [3.8, 4) is 11.5 Å². The van der Waals surface area contributed by atoms with Crippen molar-refractivity contribution < 1.29 is 9.53 Å². The van der Waals surface area contributed by atoms with Gasteiger partial charge in [-0.3, -0.25) is 4.79 Å². The van der Waals surface area contributed by atoms with Gasteiger partial charge in [0.15, 0.2) is 0 Å². The Balaban J connectivity index is 1.74. The van der Waals surface area contributed by atoms with Crippen molar-refractivity contribution >= 4 is 27.5 Å². The summed E-state index contributed by atoms with van der Waals surface area (Å²) in [6, 6.07) is 23.4. The third-order valence-electron chi connectivity index (χ3n) is 3.79. The van der Waals surface area contributed by atoms with Crippen LogP contribution in [0, 0.1) is 4.91 Å². The molecule has 0 saturated carbocycles. The molecule has 28 heavy (non-hydrogen) atoms. The summed E-state index contributed by atoms with van der Waals surface area (Å²) < 4.78 is 6.40. The summed E-state index contributed by atoms with van der Waals surface area (Å²) in [5.74, 6) is 0.977. The Kier molecular flexibility index (Phi) is 6.64. The Morgan fingerprint density at radius 2 is 1.54 bits per heavy atom. The van der Waals surface area contributed by atoms with Crippen LogP contribution < -0.4 is 10.2 Å². The zero-order valence-corrected chi connectivity index (χ0v) is 16.3. The van der Waals surface area contributed by atoms with E-state index in [2.05, 4.69) is 31.6 Å². The molecule has 0 aliphatic carbocycles. The van der Waals surface area contributed by atoms with Crippen molar-refractivity contribution in [2.45, 2.75) is 0 Å². The van der Waals surface area contributed by atoms with Gasteiger partial charge in [-0.05, 0) is 64.5 Å². The number of ether oxygens (including phenoxy) is 1. The second-order valence-electron chi connectivity index (χ2n) is 5.71. The average Bonchev–Trinajstić information content (AvgIpc) is 2.73. The van der Waals surface area contributed by atoms with Crippen molar-refractivity contribution in [3.05, 3.63) is 99.4 Å². The van der Waals surface area contributed by atoms with Crippen molar-refractivity contribution in [1.29, 1.82) is 0 Å². The number of nitrogens with zero attached hydrogens (tertiary/aromatic N) is 2. The third-order valence-corrected chi connectivity index (χ3v) is 4.48. The zero-order valence-electron chi connectivity index (χ0n) is 14.7. The Labute approximate surface area is 170 Å². The lowest BCUT2D eigenvalue weighted by molar-refractivity contribution is 0.0954. The maximum absolute atomic E-state index is 12.3. The number of rotatable bonds is 7. The normalized spacial score (nSPS) is 11.0. The minimum atomic E-state index is -0.389. The van der Waals surface area contributed by atoms with Gasteiger partial charge in [0.1, 0.15) is 18.0 Å². The molecule has 0 spiro atoms. The maximum Gasteiger partial charge on any atom is 0.272 e. The van der Waals surface area contributed by atoms with E-state index < -0.39 is 0 Å². The Bertz CT molecular complexity index is 989. The number of hydrogen-bond acceptors (Lipinski definition) is 5. The van der Waals surface area contributed by atoms with E-state index in [-0.39, 0.29) is 12.5 Å². The summed E-state index contributed by atoms with van der Waals surface area (Å²) in [4.78, 5) is 23.1. The summed E-state index contributed by atoms with van der Waals surface area (Å²) in [7, 11) is 0. The molecule has 0 unspecified atom stereocenters. The molecule has 0 heterocycles. The van der Waals surface area contributed by atoms with Gasteiger partial charge < -0.3 is 4.74 Å². The van der Waals surface area contributed by atoms with Crippen LogP contribution in [0.4, 0.5) is 0 Å². The Hall–Kier alpha value is -3.32. The standard InChI is InChI=1S/C21H16BrN3O3/c22-19-9-5-4-8-18(19)21(26)25-24-20(14-23-27)15-10-12-17(13-11-15)28-16-6-2-1-3-7-16/h1-13H,14H2,(H,25,26). The lowest BCUT2D eigenvalue weighted by Gasteiger charge is -2.08. The lowest BCUT2D eigenvalue weighted by Crippen LogP contribution is -2.21. The second kappa shape index (κ2) is 9.57. The Morgan fingerprint density at radius 1 is 0.893 bits per heavy atom. The topological polar surface area (TPSA) is 80.1 Å². The number of hydrogen-bond donors (Lipinski definition) is 1. The quantitative estimate of drug-likeness (QED) is 0.315. The molecule has 0 aliphatic heterocycles. The summed E-state index contributed by atoms with van der Waals surface area (Å²) >= 11 is 3.32. The molecule has 0 bridgehead atoms. The molecule has 0 radical (unpaired) electrons. The predicted octanol–water partition coefficient (Wildman–Crippen LogP) is 5.14. The number of carbonyl (C=O) groups is 1. The summed E-state index contributed by atoms with van der Waals surface area (Å²) in [6.07, 6.45) is 0. The van der Waals surface area contributed by atoms with Crippen molar-refractivity contribution in [2.75, 3.05) is 6.54 Å². The van der Waals surface area contributed by atoms with E-state index in [4.69, 9.17) is 4.74 Å². The number of benzene rings is 3. The van der Waals surface area contributed by atoms with E-state index in [1.54, 1.807) is 42.5 Å². The molecule has 1 amide bonds. The monoisotopic (exact) mass is 437 g/mol. The van der Waals surface area contributed by atoms with Crippen LogP contribution in [0.2, 0.25) is 0 Å². The number of hydrazone groups is 1. The van der Waals surface area contributed by atoms with E-state index in [0.29, 0.717) is 27.1 Å². The number of para-hydroxylation sites is 1. The fourth-order valence-electron chi connectivity index (χ4n) is 2.42. The highest BCUT2D eigenvalue weighted by Crippen LogP contribution is 2.21. The molecule has 7 heteroatoms. The molecular formula is C21H16BrN3O3. The molecular weight excluding hydrogens is 422 g/mol. The van der Waals surface area contributed by atoms with E-state index in [1.165, 1.54) is 0 Å². The van der Waals surface area contributed by atoms with E-state index in [9.17, 15) is 9.70 Å². The molecule has 140 valence electrons. The highest BCUT2D eigenvalue weighted by atomic mass is 79.9. The van der Waals surface area contributed by atoms with E-state index >= 15 is 0 Å². The summed E-state index contributed by atoms with van der Waals surface area (Å²) in [5, 5.41) is 6.97. The number of amides is 1. The van der Waals surface area contributed by atoms with Gasteiger partial charge in [0.05, 0.1) is 11.3 Å². The van der Waals surface area contributed by atoms with Crippen LogP contribution in [0.15, 0.2) is 93.6 Å². The van der Waals surface area contributed by atoms with Crippen LogP contribution in [0.5, 0.6) is 11.5 Å². The van der Waals surface area contributed by atoms with Gasteiger partial charge in [-0.15, -0.1) is 0 Å². The van der Waals surface area contributed by atoms with Gasteiger partial charge in [0.2, 0.25) is 0 Å². The van der Waals surface area contributed by atoms with Gasteiger partial charge in [-0.2, -0.15) is 10.0 Å². The number of nitrogens with one attached hydrogen (secondary N) is 1. The maximum atomic E-state index is 12.3. The molecule has 0 fully saturated rings. The van der Waals surface area contributed by atoms with E-state index in [1.807, 2.05) is 36.4 Å².